The summed E-state index contributed by atoms with van der Waals surface area (Å²) in [5.41, 5.74) is 2.09. The van der Waals surface area contributed by atoms with Gasteiger partial charge in [-0.3, -0.25) is 9.69 Å². The molecule has 1 fully saturated rings. The second-order valence-corrected chi connectivity index (χ2v) is 6.77. The van der Waals surface area contributed by atoms with E-state index in [0.29, 0.717) is 12.3 Å². The van der Waals surface area contributed by atoms with Gasteiger partial charge < -0.3 is 19.5 Å². The molecule has 2 heterocycles. The lowest BCUT2D eigenvalue weighted by molar-refractivity contribution is -0.116. The first kappa shape index (κ1) is 18.5. The summed E-state index contributed by atoms with van der Waals surface area (Å²) in [5.74, 6) is 1.32. The van der Waals surface area contributed by atoms with E-state index in [1.807, 2.05) is 36.4 Å². The van der Waals surface area contributed by atoms with Crippen LogP contribution in [0.5, 0.6) is 11.5 Å². The number of nitrogens with zero attached hydrogens (tertiary/aromatic N) is 1. The Bertz CT molecular complexity index is 832. The fourth-order valence-electron chi connectivity index (χ4n) is 3.47. The Morgan fingerprint density at radius 1 is 1.07 bits per heavy atom. The number of carbonyl (C=O) groups is 1. The molecule has 2 aliphatic heterocycles. The molecule has 1 N–H and O–H groups in total. The molecule has 2 aromatic rings. The summed E-state index contributed by atoms with van der Waals surface area (Å²) >= 11 is 0. The third-order valence-electron chi connectivity index (χ3n) is 4.96. The maximum Gasteiger partial charge on any atom is 0.244 e. The van der Waals surface area contributed by atoms with Crippen molar-refractivity contribution in [3.8, 4) is 11.5 Å². The summed E-state index contributed by atoms with van der Waals surface area (Å²) in [6.07, 6.45) is 3.34. The quantitative estimate of drug-likeness (QED) is 0.781. The van der Waals surface area contributed by atoms with E-state index in [-0.39, 0.29) is 18.7 Å². The number of ether oxygens (including phenoxy) is 3. The van der Waals surface area contributed by atoms with Crippen molar-refractivity contribution in [2.45, 2.75) is 6.04 Å². The van der Waals surface area contributed by atoms with E-state index in [1.165, 1.54) is 5.56 Å². The van der Waals surface area contributed by atoms with Crippen LogP contribution in [0.1, 0.15) is 17.2 Å². The van der Waals surface area contributed by atoms with Crippen LogP contribution in [-0.4, -0.2) is 50.4 Å². The van der Waals surface area contributed by atoms with Crippen LogP contribution in [0.25, 0.3) is 6.08 Å². The number of amides is 1. The molecule has 0 spiro atoms. The van der Waals surface area contributed by atoms with Gasteiger partial charge in [-0.15, -0.1) is 0 Å². The average molecular weight is 380 g/mol. The molecular formula is C22H24N2O4. The molecule has 0 bridgehead atoms. The van der Waals surface area contributed by atoms with Crippen LogP contribution in [0.3, 0.4) is 0 Å². The number of hydrogen-bond acceptors (Lipinski definition) is 5. The molecule has 146 valence electrons. The minimum Gasteiger partial charge on any atom is -0.454 e. The second kappa shape index (κ2) is 8.91. The third kappa shape index (κ3) is 4.52. The Labute approximate surface area is 164 Å². The predicted octanol–water partition coefficient (Wildman–Crippen LogP) is 2.62. The van der Waals surface area contributed by atoms with Crippen LogP contribution in [0.4, 0.5) is 0 Å². The van der Waals surface area contributed by atoms with Gasteiger partial charge in [-0.2, -0.15) is 0 Å². The first-order valence-corrected chi connectivity index (χ1v) is 9.52. The Balaban J connectivity index is 1.38. The van der Waals surface area contributed by atoms with Gasteiger partial charge in [0.1, 0.15) is 0 Å². The van der Waals surface area contributed by atoms with Gasteiger partial charge >= 0.3 is 0 Å². The van der Waals surface area contributed by atoms with Crippen molar-refractivity contribution in [3.63, 3.8) is 0 Å². The lowest BCUT2D eigenvalue weighted by Gasteiger charge is -2.34. The van der Waals surface area contributed by atoms with Gasteiger partial charge in [0.2, 0.25) is 12.7 Å². The van der Waals surface area contributed by atoms with Gasteiger partial charge in [-0.1, -0.05) is 36.4 Å². The molecule has 0 aromatic heterocycles. The number of hydrogen-bond donors (Lipinski definition) is 1. The number of rotatable bonds is 6. The first-order chi connectivity index (χ1) is 13.8. The lowest BCUT2D eigenvalue weighted by Crippen LogP contribution is -2.43. The summed E-state index contributed by atoms with van der Waals surface area (Å²) in [4.78, 5) is 14.7. The molecule has 1 unspecified atom stereocenters. The number of morpholine rings is 1. The van der Waals surface area contributed by atoms with Gasteiger partial charge in [0.05, 0.1) is 19.3 Å². The minimum absolute atomic E-state index is 0.119. The van der Waals surface area contributed by atoms with Crippen LogP contribution in [0.15, 0.2) is 54.6 Å². The van der Waals surface area contributed by atoms with Gasteiger partial charge in [0.25, 0.3) is 0 Å². The standard InChI is InChI=1S/C22H24N2O4/c25-22(9-7-17-6-8-20-21(14-17)28-16-27-20)23-15-19(18-4-2-1-3-5-18)24-10-12-26-13-11-24/h1-9,14,19H,10-13,15-16H2,(H,23,25)/b9-7+. The number of carbonyl (C=O) groups excluding carboxylic acids is 1. The summed E-state index contributed by atoms with van der Waals surface area (Å²) in [5, 5.41) is 3.04. The average Bonchev–Trinajstić information content (AvgIpc) is 3.22. The molecule has 4 rings (SSSR count). The van der Waals surface area contributed by atoms with Crippen molar-refractivity contribution in [2.24, 2.45) is 0 Å². The fraction of sp³-hybridized carbons (Fsp3) is 0.318. The van der Waals surface area contributed by atoms with E-state index in [4.69, 9.17) is 14.2 Å². The molecule has 0 aliphatic carbocycles. The summed E-state index contributed by atoms with van der Waals surface area (Å²) < 4.78 is 16.1. The van der Waals surface area contributed by atoms with E-state index in [0.717, 1.165) is 37.6 Å². The summed E-state index contributed by atoms with van der Waals surface area (Å²) in [6.45, 7) is 3.97. The zero-order valence-electron chi connectivity index (χ0n) is 15.7. The zero-order valence-corrected chi connectivity index (χ0v) is 15.7. The Hall–Kier alpha value is -2.83. The monoisotopic (exact) mass is 380 g/mol. The zero-order chi connectivity index (χ0) is 19.2. The largest absolute Gasteiger partial charge is 0.454 e. The van der Waals surface area contributed by atoms with Gasteiger partial charge in [-0.25, -0.2) is 0 Å². The number of nitrogens with one attached hydrogen (secondary N) is 1. The Morgan fingerprint density at radius 2 is 1.86 bits per heavy atom. The molecule has 28 heavy (non-hydrogen) atoms. The summed E-state index contributed by atoms with van der Waals surface area (Å²) in [7, 11) is 0. The highest BCUT2D eigenvalue weighted by molar-refractivity contribution is 5.91. The maximum absolute atomic E-state index is 12.4. The first-order valence-electron chi connectivity index (χ1n) is 9.52. The van der Waals surface area contributed by atoms with E-state index >= 15 is 0 Å². The topological polar surface area (TPSA) is 60.0 Å². The Morgan fingerprint density at radius 3 is 2.68 bits per heavy atom. The van der Waals surface area contributed by atoms with E-state index in [1.54, 1.807) is 12.2 Å². The number of benzene rings is 2. The van der Waals surface area contributed by atoms with E-state index in [9.17, 15) is 4.79 Å². The highest BCUT2D eigenvalue weighted by Gasteiger charge is 2.22. The predicted molar refractivity (Wildman–Crippen MR) is 106 cm³/mol. The molecule has 0 saturated carbocycles. The molecular weight excluding hydrogens is 356 g/mol. The maximum atomic E-state index is 12.4. The lowest BCUT2D eigenvalue weighted by atomic mass is 10.0. The minimum atomic E-state index is -0.119. The smallest absolute Gasteiger partial charge is 0.244 e. The molecule has 1 atom stereocenters. The fourth-order valence-corrected chi connectivity index (χ4v) is 3.47. The van der Waals surface area contributed by atoms with Crippen molar-refractivity contribution >= 4 is 12.0 Å². The molecule has 2 aromatic carbocycles. The van der Waals surface area contributed by atoms with Crippen molar-refractivity contribution in [1.29, 1.82) is 0 Å². The second-order valence-electron chi connectivity index (χ2n) is 6.77. The van der Waals surface area contributed by atoms with Crippen molar-refractivity contribution in [2.75, 3.05) is 39.6 Å². The molecule has 1 amide bonds. The van der Waals surface area contributed by atoms with Gasteiger partial charge in [0, 0.05) is 25.7 Å². The van der Waals surface area contributed by atoms with Crippen LogP contribution >= 0.6 is 0 Å². The van der Waals surface area contributed by atoms with Crippen molar-refractivity contribution in [1.82, 2.24) is 10.2 Å². The van der Waals surface area contributed by atoms with Gasteiger partial charge in [-0.05, 0) is 29.3 Å². The third-order valence-corrected chi connectivity index (χ3v) is 4.96. The molecule has 0 radical (unpaired) electrons. The van der Waals surface area contributed by atoms with E-state index < -0.39 is 0 Å². The molecule has 1 saturated heterocycles. The van der Waals surface area contributed by atoms with Crippen LogP contribution < -0.4 is 14.8 Å². The van der Waals surface area contributed by atoms with Gasteiger partial charge in [0.15, 0.2) is 11.5 Å². The molecule has 2 aliphatic rings. The molecule has 6 heteroatoms. The number of fused-ring (bicyclic) bond motifs is 1. The van der Waals surface area contributed by atoms with Crippen LogP contribution in [-0.2, 0) is 9.53 Å². The van der Waals surface area contributed by atoms with Crippen LogP contribution in [0, 0.1) is 0 Å². The highest BCUT2D eigenvalue weighted by Crippen LogP contribution is 2.32. The molecule has 6 nitrogen and oxygen atoms in total. The SMILES string of the molecule is O=C(/C=C/c1ccc2c(c1)OCO2)NCC(c1ccccc1)N1CCOCC1. The van der Waals surface area contributed by atoms with Crippen LogP contribution in [0.2, 0.25) is 0 Å². The van der Waals surface area contributed by atoms with Crippen molar-refractivity contribution < 1.29 is 19.0 Å². The Kier molecular flexibility index (Phi) is 5.89. The summed E-state index contributed by atoms with van der Waals surface area (Å²) in [6, 6.07) is 16.0. The van der Waals surface area contributed by atoms with E-state index in [2.05, 4.69) is 22.3 Å². The normalized spacial score (nSPS) is 17.6. The van der Waals surface area contributed by atoms with Crippen molar-refractivity contribution in [3.05, 3.63) is 65.7 Å². The highest BCUT2D eigenvalue weighted by atomic mass is 16.7.